The molecule has 0 fully saturated rings. The highest BCUT2D eigenvalue weighted by molar-refractivity contribution is 7.22. The maximum Gasteiger partial charge on any atom is 0.407 e. The third-order valence-corrected chi connectivity index (χ3v) is 6.85. The lowest BCUT2D eigenvalue weighted by Crippen LogP contribution is -2.38. The Morgan fingerprint density at radius 1 is 1.33 bits per heavy atom. The van der Waals surface area contributed by atoms with Gasteiger partial charge in [-0.25, -0.2) is 24.1 Å². The SMILES string of the molecule is CCN(CC1Cc2c(c(F)cc3nc(-c4cc(C)cc5nc(OC)cnc45)sc23)O1)C(=O)O. The van der Waals surface area contributed by atoms with Gasteiger partial charge in [-0.15, -0.1) is 11.3 Å². The summed E-state index contributed by atoms with van der Waals surface area (Å²) < 4.78 is 26.7. The highest BCUT2D eigenvalue weighted by Crippen LogP contribution is 2.43. The summed E-state index contributed by atoms with van der Waals surface area (Å²) in [6.07, 6.45) is 0.513. The summed E-state index contributed by atoms with van der Waals surface area (Å²) in [5.41, 5.74) is 4.45. The molecule has 10 heteroatoms. The summed E-state index contributed by atoms with van der Waals surface area (Å²) in [4.78, 5) is 26.3. The molecular formula is C23H21FN4O4S. The van der Waals surface area contributed by atoms with Crippen molar-refractivity contribution < 1.29 is 23.8 Å². The summed E-state index contributed by atoms with van der Waals surface area (Å²) in [5.74, 6) is 0.116. The van der Waals surface area contributed by atoms with Gasteiger partial charge in [-0.2, -0.15) is 0 Å². The molecule has 1 aliphatic rings. The van der Waals surface area contributed by atoms with Crippen molar-refractivity contribution in [3.05, 3.63) is 41.3 Å². The van der Waals surface area contributed by atoms with Gasteiger partial charge in [-0.3, -0.25) is 0 Å². The van der Waals surface area contributed by atoms with Gasteiger partial charge in [0, 0.05) is 30.2 Å². The van der Waals surface area contributed by atoms with E-state index in [0.717, 1.165) is 21.4 Å². The van der Waals surface area contributed by atoms with Crippen LogP contribution in [-0.2, 0) is 6.42 Å². The van der Waals surface area contributed by atoms with Crippen molar-refractivity contribution in [2.45, 2.75) is 26.4 Å². The van der Waals surface area contributed by atoms with Crippen LogP contribution >= 0.6 is 11.3 Å². The number of hydrogen-bond acceptors (Lipinski definition) is 7. The average molecular weight is 469 g/mol. The monoisotopic (exact) mass is 468 g/mol. The smallest absolute Gasteiger partial charge is 0.407 e. The summed E-state index contributed by atoms with van der Waals surface area (Å²) in [6, 6.07) is 5.29. The third-order valence-electron chi connectivity index (χ3n) is 5.68. The molecule has 2 aromatic heterocycles. The van der Waals surface area contributed by atoms with E-state index in [2.05, 4.69) is 9.97 Å². The standard InChI is InChI=1S/C23H21FN4O4S/c1-4-28(23(29)30)10-12-7-14-20(32-12)15(24)8-17-21(14)33-22(27-17)13-5-11(2)6-16-19(13)25-9-18(26-16)31-3/h5-6,8-9,12H,4,7,10H2,1-3H3,(H,29,30). The Labute approximate surface area is 192 Å². The van der Waals surface area contributed by atoms with Crippen LogP contribution in [0.4, 0.5) is 9.18 Å². The molecule has 5 rings (SSSR count). The summed E-state index contributed by atoms with van der Waals surface area (Å²) in [7, 11) is 1.54. The maximum absolute atomic E-state index is 14.9. The van der Waals surface area contributed by atoms with Gasteiger partial charge < -0.3 is 19.5 Å². The Hall–Kier alpha value is -3.53. The first-order valence-corrected chi connectivity index (χ1v) is 11.3. The van der Waals surface area contributed by atoms with Crippen LogP contribution < -0.4 is 9.47 Å². The predicted octanol–water partition coefficient (Wildman–Crippen LogP) is 4.67. The minimum atomic E-state index is -1.02. The number of hydrogen-bond donors (Lipinski definition) is 1. The zero-order chi connectivity index (χ0) is 23.3. The van der Waals surface area contributed by atoms with Crippen molar-refractivity contribution >= 4 is 38.7 Å². The van der Waals surface area contributed by atoms with Gasteiger partial charge in [0.25, 0.3) is 0 Å². The molecule has 33 heavy (non-hydrogen) atoms. The molecule has 8 nitrogen and oxygen atoms in total. The number of benzene rings is 2. The lowest BCUT2D eigenvalue weighted by atomic mass is 10.1. The molecule has 0 spiro atoms. The number of methoxy groups -OCH3 is 1. The van der Waals surface area contributed by atoms with E-state index in [1.807, 2.05) is 19.1 Å². The fourth-order valence-electron chi connectivity index (χ4n) is 4.14. The fraction of sp³-hybridized carbons (Fsp3) is 0.304. The number of aromatic nitrogens is 3. The minimum Gasteiger partial charge on any atom is -0.485 e. The molecule has 0 aliphatic carbocycles. The number of ether oxygens (including phenoxy) is 2. The molecule has 0 saturated carbocycles. The molecule has 0 saturated heterocycles. The molecule has 0 bridgehead atoms. The first-order chi connectivity index (χ1) is 15.9. The first kappa shape index (κ1) is 21.3. The van der Waals surface area contributed by atoms with Crippen LogP contribution in [0.15, 0.2) is 24.4 Å². The number of likely N-dealkylation sites (N-methyl/N-ethyl adjacent to an activating group) is 1. The highest BCUT2D eigenvalue weighted by Gasteiger charge is 2.32. The topological polar surface area (TPSA) is 97.7 Å². The van der Waals surface area contributed by atoms with Crippen LogP contribution in [0.1, 0.15) is 18.1 Å². The normalized spacial score (nSPS) is 15.0. The molecule has 170 valence electrons. The molecular weight excluding hydrogens is 447 g/mol. The molecule has 0 radical (unpaired) electrons. The zero-order valence-electron chi connectivity index (χ0n) is 18.3. The Kier molecular flexibility index (Phi) is 5.24. The van der Waals surface area contributed by atoms with Gasteiger partial charge in [0.15, 0.2) is 11.6 Å². The molecule has 1 aliphatic heterocycles. The van der Waals surface area contributed by atoms with E-state index < -0.39 is 18.0 Å². The third kappa shape index (κ3) is 3.70. The molecule has 1 amide bonds. The van der Waals surface area contributed by atoms with Crippen LogP contribution in [0.2, 0.25) is 0 Å². The maximum atomic E-state index is 14.9. The van der Waals surface area contributed by atoms with E-state index in [0.29, 0.717) is 40.4 Å². The number of amides is 1. The second kappa shape index (κ2) is 8.11. The van der Waals surface area contributed by atoms with Crippen LogP contribution in [-0.4, -0.2) is 57.4 Å². The number of rotatable bonds is 5. The van der Waals surface area contributed by atoms with E-state index in [1.165, 1.54) is 22.3 Å². The number of fused-ring (bicyclic) bond motifs is 4. The van der Waals surface area contributed by atoms with E-state index in [4.69, 9.17) is 14.5 Å². The second-order valence-corrected chi connectivity index (χ2v) is 8.89. The number of halogens is 1. The summed E-state index contributed by atoms with van der Waals surface area (Å²) in [6.45, 7) is 4.23. The lowest BCUT2D eigenvalue weighted by molar-refractivity contribution is 0.118. The number of carboxylic acid groups (broad SMARTS) is 1. The van der Waals surface area contributed by atoms with Crippen LogP contribution in [0, 0.1) is 12.7 Å². The van der Waals surface area contributed by atoms with Crippen LogP contribution in [0.3, 0.4) is 0 Å². The van der Waals surface area contributed by atoms with Crippen molar-refractivity contribution in [3.63, 3.8) is 0 Å². The minimum absolute atomic E-state index is 0.174. The van der Waals surface area contributed by atoms with Gasteiger partial charge in [-0.1, -0.05) is 0 Å². The van der Waals surface area contributed by atoms with Crippen molar-refractivity contribution in [2.24, 2.45) is 0 Å². The Morgan fingerprint density at radius 2 is 2.15 bits per heavy atom. The van der Waals surface area contributed by atoms with E-state index in [-0.39, 0.29) is 12.3 Å². The van der Waals surface area contributed by atoms with Gasteiger partial charge in [0.05, 0.1) is 41.1 Å². The molecule has 1 atom stereocenters. The molecule has 3 heterocycles. The van der Waals surface area contributed by atoms with Crippen molar-refractivity contribution in [1.82, 2.24) is 19.9 Å². The number of carbonyl (C=O) groups is 1. The molecule has 4 aromatic rings. The Bertz CT molecular complexity index is 1410. The van der Waals surface area contributed by atoms with E-state index in [9.17, 15) is 14.3 Å². The zero-order valence-corrected chi connectivity index (χ0v) is 19.1. The largest absolute Gasteiger partial charge is 0.485 e. The number of aryl methyl sites for hydroxylation is 1. The van der Waals surface area contributed by atoms with Crippen LogP contribution in [0.25, 0.3) is 31.8 Å². The molecule has 1 unspecified atom stereocenters. The Balaban J connectivity index is 1.58. The first-order valence-electron chi connectivity index (χ1n) is 10.5. The van der Waals surface area contributed by atoms with Gasteiger partial charge >= 0.3 is 6.09 Å². The van der Waals surface area contributed by atoms with Gasteiger partial charge in [0.1, 0.15) is 11.1 Å². The van der Waals surface area contributed by atoms with Gasteiger partial charge in [0.2, 0.25) is 5.88 Å². The van der Waals surface area contributed by atoms with Gasteiger partial charge in [-0.05, 0) is 31.5 Å². The summed E-state index contributed by atoms with van der Waals surface area (Å²) in [5, 5.41) is 10.0. The number of thiazole rings is 1. The quantitative estimate of drug-likeness (QED) is 0.455. The lowest BCUT2D eigenvalue weighted by Gasteiger charge is -2.20. The van der Waals surface area contributed by atoms with Crippen LogP contribution in [0.5, 0.6) is 11.6 Å². The van der Waals surface area contributed by atoms with E-state index in [1.54, 1.807) is 20.2 Å². The molecule has 2 aromatic carbocycles. The molecule has 1 N–H and O–H groups in total. The number of nitrogens with zero attached hydrogens (tertiary/aromatic N) is 4. The average Bonchev–Trinajstić information content (AvgIpc) is 3.40. The summed E-state index contributed by atoms with van der Waals surface area (Å²) >= 11 is 1.44. The van der Waals surface area contributed by atoms with Crippen molar-refractivity contribution in [3.8, 4) is 22.2 Å². The predicted molar refractivity (Wildman–Crippen MR) is 123 cm³/mol. The second-order valence-electron chi connectivity index (χ2n) is 7.89. The van der Waals surface area contributed by atoms with E-state index >= 15 is 0 Å². The van der Waals surface area contributed by atoms with Crippen molar-refractivity contribution in [1.29, 1.82) is 0 Å². The fourth-order valence-corrected chi connectivity index (χ4v) is 5.25. The van der Waals surface area contributed by atoms with Crippen molar-refractivity contribution in [2.75, 3.05) is 20.2 Å². The Morgan fingerprint density at radius 3 is 2.88 bits per heavy atom. The highest BCUT2D eigenvalue weighted by atomic mass is 32.1.